The molecule has 0 saturated heterocycles. The fourth-order valence-electron chi connectivity index (χ4n) is 1.21. The second kappa shape index (κ2) is 6.25. The van der Waals surface area contributed by atoms with Gasteiger partial charge in [-0.25, -0.2) is 0 Å². The third-order valence-corrected chi connectivity index (χ3v) is 3.67. The second-order valence-electron chi connectivity index (χ2n) is 3.07. The molecule has 84 valence electrons. The molecule has 0 bridgehead atoms. The molecule has 1 aromatic rings. The highest BCUT2D eigenvalue weighted by Gasteiger charge is 2.15. The summed E-state index contributed by atoms with van der Waals surface area (Å²) < 4.78 is 5.79. The summed E-state index contributed by atoms with van der Waals surface area (Å²) in [4.78, 5) is 12.5. The van der Waals surface area contributed by atoms with E-state index in [1.807, 2.05) is 19.1 Å². The minimum absolute atomic E-state index is 0.201. The third-order valence-electron chi connectivity index (χ3n) is 2.05. The monoisotopic (exact) mass is 291 g/mol. The first-order chi connectivity index (χ1) is 7.17. The van der Waals surface area contributed by atoms with Gasteiger partial charge in [0.2, 0.25) is 0 Å². The van der Waals surface area contributed by atoms with Crippen LogP contribution in [0.3, 0.4) is 0 Å². The van der Waals surface area contributed by atoms with Crippen LogP contribution in [0.5, 0.6) is 0 Å². The zero-order valence-electron chi connectivity index (χ0n) is 8.75. The smallest absolute Gasteiger partial charge is 0.322 e. The van der Waals surface area contributed by atoms with Gasteiger partial charge in [0.05, 0.1) is 10.9 Å². The number of hydrogen-bond donors (Lipinski definition) is 1. The number of ether oxygens (including phenoxy) is 1. The minimum atomic E-state index is -0.212. The van der Waals surface area contributed by atoms with Gasteiger partial charge in [0.1, 0.15) is 6.04 Å². The fraction of sp³-hybridized carbons (Fsp3) is 0.500. The van der Waals surface area contributed by atoms with Crippen molar-refractivity contribution >= 4 is 33.2 Å². The molecule has 1 atom stereocenters. The number of esters is 1. The summed E-state index contributed by atoms with van der Waals surface area (Å²) >= 11 is 5.06. The Morgan fingerprint density at radius 3 is 2.87 bits per heavy atom. The van der Waals surface area contributed by atoms with Crippen molar-refractivity contribution in [1.29, 1.82) is 0 Å². The van der Waals surface area contributed by atoms with Crippen molar-refractivity contribution in [3.8, 4) is 0 Å². The maximum absolute atomic E-state index is 11.3. The molecule has 0 fully saturated rings. The van der Waals surface area contributed by atoms with Gasteiger partial charge in [-0.15, -0.1) is 11.3 Å². The lowest BCUT2D eigenvalue weighted by Gasteiger charge is -2.13. The van der Waals surface area contributed by atoms with Crippen LogP contribution in [0.2, 0.25) is 0 Å². The summed E-state index contributed by atoms with van der Waals surface area (Å²) in [6.45, 7) is 2.66. The first kappa shape index (κ1) is 12.7. The largest absolute Gasteiger partial charge is 0.468 e. The Morgan fingerprint density at radius 1 is 1.67 bits per heavy atom. The molecule has 1 unspecified atom stereocenters. The number of rotatable bonds is 5. The lowest BCUT2D eigenvalue weighted by Crippen LogP contribution is -2.36. The Hall–Kier alpha value is -0.390. The van der Waals surface area contributed by atoms with E-state index in [1.165, 1.54) is 12.0 Å². The average Bonchev–Trinajstić information content (AvgIpc) is 2.64. The fourth-order valence-corrected chi connectivity index (χ4v) is 2.64. The molecule has 5 heteroatoms. The summed E-state index contributed by atoms with van der Waals surface area (Å²) in [5, 5.41) is 3.16. The summed E-state index contributed by atoms with van der Waals surface area (Å²) in [6.07, 6.45) is 0.735. The maximum atomic E-state index is 11.3. The van der Waals surface area contributed by atoms with Crippen LogP contribution >= 0.6 is 27.3 Å². The van der Waals surface area contributed by atoms with E-state index < -0.39 is 0 Å². The molecule has 1 rings (SSSR count). The van der Waals surface area contributed by atoms with Gasteiger partial charge < -0.3 is 4.74 Å². The highest BCUT2D eigenvalue weighted by Crippen LogP contribution is 2.21. The van der Waals surface area contributed by atoms with Crippen molar-refractivity contribution in [1.82, 2.24) is 5.32 Å². The van der Waals surface area contributed by atoms with Gasteiger partial charge in [0.15, 0.2) is 0 Å². The number of methoxy groups -OCH3 is 1. The molecule has 0 aliphatic heterocycles. The van der Waals surface area contributed by atoms with Crippen LogP contribution in [0.15, 0.2) is 15.9 Å². The summed E-state index contributed by atoms with van der Waals surface area (Å²) in [5.74, 6) is -0.201. The number of carbonyl (C=O) groups is 1. The molecular formula is C10H14BrNO2S. The molecule has 1 aromatic heterocycles. The van der Waals surface area contributed by atoms with Crippen LogP contribution in [-0.2, 0) is 16.1 Å². The van der Waals surface area contributed by atoms with Crippen molar-refractivity contribution in [2.24, 2.45) is 0 Å². The molecule has 0 aliphatic carbocycles. The maximum Gasteiger partial charge on any atom is 0.322 e. The first-order valence-corrected chi connectivity index (χ1v) is 6.33. The van der Waals surface area contributed by atoms with Gasteiger partial charge in [-0.1, -0.05) is 6.92 Å². The molecule has 0 aliphatic rings. The first-order valence-electron chi connectivity index (χ1n) is 4.72. The predicted molar refractivity (Wildman–Crippen MR) is 65.0 cm³/mol. The van der Waals surface area contributed by atoms with Crippen molar-refractivity contribution in [2.75, 3.05) is 7.11 Å². The highest BCUT2D eigenvalue weighted by atomic mass is 79.9. The van der Waals surface area contributed by atoms with Crippen LogP contribution in [0.1, 0.15) is 18.2 Å². The van der Waals surface area contributed by atoms with Gasteiger partial charge in [0, 0.05) is 11.4 Å². The summed E-state index contributed by atoms with van der Waals surface area (Å²) in [5.41, 5.74) is 0. The van der Waals surface area contributed by atoms with E-state index >= 15 is 0 Å². The Bertz CT molecular complexity index is 327. The Balaban J connectivity index is 2.44. The average molecular weight is 292 g/mol. The van der Waals surface area contributed by atoms with Crippen molar-refractivity contribution in [3.63, 3.8) is 0 Å². The third kappa shape index (κ3) is 3.93. The Labute approximate surface area is 102 Å². The number of thiophene rings is 1. The van der Waals surface area contributed by atoms with Crippen LogP contribution in [0, 0.1) is 0 Å². The minimum Gasteiger partial charge on any atom is -0.468 e. The molecule has 1 heterocycles. The number of halogens is 1. The Kier molecular flexibility index (Phi) is 5.28. The van der Waals surface area contributed by atoms with Crippen molar-refractivity contribution in [3.05, 3.63) is 20.8 Å². The molecule has 0 aromatic carbocycles. The van der Waals surface area contributed by atoms with Gasteiger partial charge in [-0.3, -0.25) is 10.1 Å². The van der Waals surface area contributed by atoms with Gasteiger partial charge in [-0.2, -0.15) is 0 Å². The van der Waals surface area contributed by atoms with Gasteiger partial charge in [0.25, 0.3) is 0 Å². The second-order valence-corrected chi connectivity index (χ2v) is 5.62. The topological polar surface area (TPSA) is 38.3 Å². The molecule has 0 spiro atoms. The molecule has 0 saturated carbocycles. The van der Waals surface area contributed by atoms with Gasteiger partial charge >= 0.3 is 5.97 Å². The standard InChI is InChI=1S/C10H14BrNO2S/c1-3-8(10(13)14-2)12-6-7-4-5-9(11)15-7/h4-5,8,12H,3,6H2,1-2H3. The zero-order valence-corrected chi connectivity index (χ0v) is 11.2. The molecule has 3 nitrogen and oxygen atoms in total. The van der Waals surface area contributed by atoms with Crippen LogP contribution in [0.25, 0.3) is 0 Å². The molecule has 0 amide bonds. The lowest BCUT2D eigenvalue weighted by molar-refractivity contribution is -0.143. The van der Waals surface area contributed by atoms with Crippen LogP contribution in [0.4, 0.5) is 0 Å². The highest BCUT2D eigenvalue weighted by molar-refractivity contribution is 9.11. The van der Waals surface area contributed by atoms with E-state index in [4.69, 9.17) is 0 Å². The quantitative estimate of drug-likeness (QED) is 0.848. The summed E-state index contributed by atoms with van der Waals surface area (Å²) in [6, 6.07) is 3.82. The van der Waals surface area contributed by atoms with Gasteiger partial charge in [-0.05, 0) is 34.5 Å². The predicted octanol–water partition coefficient (Wildman–Crippen LogP) is 2.55. The number of hydrogen-bond acceptors (Lipinski definition) is 4. The van der Waals surface area contributed by atoms with E-state index in [9.17, 15) is 4.79 Å². The van der Waals surface area contributed by atoms with E-state index in [0.29, 0.717) is 6.54 Å². The van der Waals surface area contributed by atoms with Crippen LogP contribution in [-0.4, -0.2) is 19.1 Å². The lowest BCUT2D eigenvalue weighted by atomic mass is 10.2. The number of nitrogens with one attached hydrogen (secondary N) is 1. The van der Waals surface area contributed by atoms with E-state index in [1.54, 1.807) is 11.3 Å². The normalized spacial score (nSPS) is 12.5. The SMILES string of the molecule is CCC(NCc1ccc(Br)s1)C(=O)OC. The summed E-state index contributed by atoms with van der Waals surface area (Å²) in [7, 11) is 1.41. The molecular weight excluding hydrogens is 278 g/mol. The van der Waals surface area contributed by atoms with E-state index in [-0.39, 0.29) is 12.0 Å². The van der Waals surface area contributed by atoms with Crippen molar-refractivity contribution in [2.45, 2.75) is 25.9 Å². The number of carbonyl (C=O) groups excluding carboxylic acids is 1. The molecule has 0 radical (unpaired) electrons. The van der Waals surface area contributed by atoms with Crippen LogP contribution < -0.4 is 5.32 Å². The molecule has 1 N–H and O–H groups in total. The molecule has 15 heavy (non-hydrogen) atoms. The van der Waals surface area contributed by atoms with E-state index in [0.717, 1.165) is 10.2 Å². The Morgan fingerprint density at radius 2 is 2.40 bits per heavy atom. The van der Waals surface area contributed by atoms with E-state index in [2.05, 4.69) is 26.0 Å². The zero-order chi connectivity index (χ0) is 11.3. The van der Waals surface area contributed by atoms with Crippen molar-refractivity contribution < 1.29 is 9.53 Å².